The maximum Gasteiger partial charge on any atom is 0.227 e. The van der Waals surface area contributed by atoms with Gasteiger partial charge in [-0.3, -0.25) is 0 Å². The minimum absolute atomic E-state index is 0.286. The molecule has 10 aromatic rings. The molecular weight excluding hydrogens is 661 g/mol. The van der Waals surface area contributed by atoms with Crippen molar-refractivity contribution in [2.45, 2.75) is 12.3 Å². The van der Waals surface area contributed by atoms with E-state index in [0.29, 0.717) is 11.8 Å². The molecule has 2 aromatic heterocycles. The predicted molar refractivity (Wildman–Crippen MR) is 218 cm³/mol. The molecule has 254 valence electrons. The molecular formula is C50H32N2O2. The standard InChI is InChI=1S/C50H32N2O2/c1-50(37-14-3-2-4-15-37)42-18-8-7-17-39(42)40-24-23-31(30-43(40)50)33-25-32-13-5-6-16-38(32)41(29-33)34-26-35(48-51-44-19-9-11-21-46(44)53-48)28-36(27-34)49-52-45-20-10-12-22-47(45)54-49/h2-30H,1H3. The molecule has 0 aliphatic heterocycles. The fraction of sp³-hybridized carbons (Fsp3) is 0.0400. The first-order valence-electron chi connectivity index (χ1n) is 18.3. The van der Waals surface area contributed by atoms with E-state index >= 15 is 0 Å². The third kappa shape index (κ3) is 4.70. The van der Waals surface area contributed by atoms with Crippen LogP contribution in [0.3, 0.4) is 0 Å². The molecule has 1 aliphatic rings. The van der Waals surface area contributed by atoms with Crippen molar-refractivity contribution in [2.24, 2.45) is 0 Å². The highest BCUT2D eigenvalue weighted by Gasteiger charge is 2.40. The summed E-state index contributed by atoms with van der Waals surface area (Å²) in [6.45, 7) is 2.37. The summed E-state index contributed by atoms with van der Waals surface area (Å²) in [6.07, 6.45) is 0. The summed E-state index contributed by atoms with van der Waals surface area (Å²) in [5, 5.41) is 2.32. The fourth-order valence-electron chi connectivity index (χ4n) is 8.49. The summed E-state index contributed by atoms with van der Waals surface area (Å²) >= 11 is 0. The third-order valence-electron chi connectivity index (χ3n) is 11.2. The smallest absolute Gasteiger partial charge is 0.227 e. The molecule has 0 radical (unpaired) electrons. The minimum atomic E-state index is -0.286. The van der Waals surface area contributed by atoms with E-state index in [4.69, 9.17) is 18.8 Å². The zero-order valence-electron chi connectivity index (χ0n) is 29.5. The van der Waals surface area contributed by atoms with Crippen molar-refractivity contribution in [1.82, 2.24) is 9.97 Å². The maximum absolute atomic E-state index is 6.34. The van der Waals surface area contributed by atoms with Gasteiger partial charge in [-0.1, -0.05) is 115 Å². The molecule has 0 fully saturated rings. The largest absolute Gasteiger partial charge is 0.436 e. The van der Waals surface area contributed by atoms with Gasteiger partial charge < -0.3 is 8.83 Å². The van der Waals surface area contributed by atoms with Gasteiger partial charge in [0.05, 0.1) is 0 Å². The molecule has 1 aliphatic carbocycles. The fourth-order valence-corrected chi connectivity index (χ4v) is 8.49. The second-order valence-corrected chi connectivity index (χ2v) is 14.3. The van der Waals surface area contributed by atoms with E-state index in [1.165, 1.54) is 33.4 Å². The lowest BCUT2D eigenvalue weighted by Gasteiger charge is -2.28. The highest BCUT2D eigenvalue weighted by atomic mass is 16.4. The number of hydrogen-bond donors (Lipinski definition) is 0. The zero-order chi connectivity index (χ0) is 35.8. The van der Waals surface area contributed by atoms with Gasteiger partial charge in [0.25, 0.3) is 0 Å². The second-order valence-electron chi connectivity index (χ2n) is 14.3. The minimum Gasteiger partial charge on any atom is -0.436 e. The van der Waals surface area contributed by atoms with Crippen LogP contribution in [0.5, 0.6) is 0 Å². The first kappa shape index (κ1) is 30.6. The van der Waals surface area contributed by atoms with Gasteiger partial charge in [-0.05, 0) is 128 Å². The van der Waals surface area contributed by atoms with Gasteiger partial charge in [-0.25, -0.2) is 9.97 Å². The monoisotopic (exact) mass is 692 g/mol. The SMILES string of the molecule is CC1(c2ccccc2)c2ccccc2-c2ccc(-c3cc(-c4cc(-c5nc6ccccc6o5)cc(-c5nc6ccccc6o5)c4)c4ccccc4c3)cc21. The van der Waals surface area contributed by atoms with Crippen LogP contribution in [0, 0.1) is 0 Å². The van der Waals surface area contributed by atoms with Crippen LogP contribution >= 0.6 is 0 Å². The average molecular weight is 693 g/mol. The van der Waals surface area contributed by atoms with Gasteiger partial charge in [-0.15, -0.1) is 0 Å². The van der Waals surface area contributed by atoms with Crippen LogP contribution < -0.4 is 0 Å². The first-order chi connectivity index (χ1) is 26.6. The zero-order valence-corrected chi connectivity index (χ0v) is 29.5. The van der Waals surface area contributed by atoms with Crippen LogP contribution in [0.2, 0.25) is 0 Å². The second kappa shape index (κ2) is 11.7. The highest BCUT2D eigenvalue weighted by molar-refractivity contribution is 6.01. The molecule has 4 heteroatoms. The van der Waals surface area contributed by atoms with Gasteiger partial charge in [0, 0.05) is 16.5 Å². The van der Waals surface area contributed by atoms with Gasteiger partial charge in [0.15, 0.2) is 11.2 Å². The van der Waals surface area contributed by atoms with Crippen LogP contribution in [0.1, 0.15) is 23.6 Å². The lowest BCUT2D eigenvalue weighted by atomic mass is 9.74. The quantitative estimate of drug-likeness (QED) is 0.180. The van der Waals surface area contributed by atoms with E-state index in [9.17, 15) is 0 Å². The van der Waals surface area contributed by atoms with Crippen molar-refractivity contribution >= 4 is 33.0 Å². The van der Waals surface area contributed by atoms with E-state index in [-0.39, 0.29) is 5.41 Å². The van der Waals surface area contributed by atoms with Crippen LogP contribution in [-0.4, -0.2) is 9.97 Å². The Morgan fingerprint density at radius 2 is 1.00 bits per heavy atom. The summed E-state index contributed by atoms with van der Waals surface area (Å²) < 4.78 is 12.7. The molecule has 2 heterocycles. The molecule has 0 bridgehead atoms. The third-order valence-corrected chi connectivity index (χ3v) is 11.2. The Bertz CT molecular complexity index is 2920. The van der Waals surface area contributed by atoms with Crippen LogP contribution in [0.15, 0.2) is 185 Å². The number of rotatable bonds is 5. The van der Waals surface area contributed by atoms with Crippen molar-refractivity contribution in [2.75, 3.05) is 0 Å². The van der Waals surface area contributed by atoms with Crippen molar-refractivity contribution in [3.63, 3.8) is 0 Å². The van der Waals surface area contributed by atoms with Crippen molar-refractivity contribution in [1.29, 1.82) is 0 Å². The summed E-state index contributed by atoms with van der Waals surface area (Å²) in [7, 11) is 0. The van der Waals surface area contributed by atoms with E-state index in [1.54, 1.807) is 0 Å². The lowest BCUT2D eigenvalue weighted by molar-refractivity contribution is 0.617. The van der Waals surface area contributed by atoms with Gasteiger partial charge >= 0.3 is 0 Å². The molecule has 0 spiro atoms. The van der Waals surface area contributed by atoms with E-state index < -0.39 is 0 Å². The lowest BCUT2D eigenvalue weighted by Crippen LogP contribution is -2.22. The number of benzene rings is 8. The molecule has 4 nitrogen and oxygen atoms in total. The molecule has 11 rings (SSSR count). The first-order valence-corrected chi connectivity index (χ1v) is 18.3. The average Bonchev–Trinajstić information content (AvgIpc) is 3.94. The Balaban J connectivity index is 1.12. The van der Waals surface area contributed by atoms with Gasteiger partial charge in [-0.2, -0.15) is 0 Å². The molecule has 54 heavy (non-hydrogen) atoms. The Morgan fingerprint density at radius 3 is 1.72 bits per heavy atom. The molecule has 0 N–H and O–H groups in total. The summed E-state index contributed by atoms with van der Waals surface area (Å²) in [4.78, 5) is 9.79. The number of nitrogens with zero attached hydrogens (tertiary/aromatic N) is 2. The van der Waals surface area contributed by atoms with Crippen LogP contribution in [0.4, 0.5) is 0 Å². The normalized spacial score (nSPS) is 14.8. The van der Waals surface area contributed by atoms with Gasteiger partial charge in [0.1, 0.15) is 11.0 Å². The van der Waals surface area contributed by atoms with E-state index in [1.807, 2.05) is 48.5 Å². The van der Waals surface area contributed by atoms with Crippen LogP contribution in [-0.2, 0) is 5.41 Å². The number of oxazole rings is 2. The molecule has 0 saturated carbocycles. The Morgan fingerprint density at radius 1 is 0.407 bits per heavy atom. The number of aromatic nitrogens is 2. The van der Waals surface area contributed by atoms with E-state index in [0.717, 1.165) is 60.8 Å². The Kier molecular flexibility index (Phi) is 6.65. The van der Waals surface area contributed by atoms with E-state index in [2.05, 4.69) is 134 Å². The van der Waals surface area contributed by atoms with Crippen molar-refractivity contribution in [3.8, 4) is 56.3 Å². The Hall–Kier alpha value is -7.04. The number of fused-ring (bicyclic) bond motifs is 6. The van der Waals surface area contributed by atoms with Gasteiger partial charge in [0.2, 0.25) is 11.8 Å². The topological polar surface area (TPSA) is 52.1 Å². The summed E-state index contributed by atoms with van der Waals surface area (Å²) in [5.74, 6) is 1.10. The van der Waals surface area contributed by atoms with Crippen molar-refractivity contribution in [3.05, 3.63) is 193 Å². The molecule has 1 atom stereocenters. The highest BCUT2D eigenvalue weighted by Crippen LogP contribution is 2.53. The van der Waals surface area contributed by atoms with Crippen molar-refractivity contribution < 1.29 is 8.83 Å². The maximum atomic E-state index is 6.34. The van der Waals surface area contributed by atoms with Crippen LogP contribution in [0.25, 0.3) is 89.3 Å². The summed E-state index contributed by atoms with van der Waals surface area (Å²) in [5.41, 5.74) is 15.5. The number of hydrogen-bond acceptors (Lipinski definition) is 4. The summed E-state index contributed by atoms with van der Waals surface area (Å²) in [6, 6.07) is 62.2. The predicted octanol–water partition coefficient (Wildman–Crippen LogP) is 13.1. The molecule has 0 amide bonds. The molecule has 0 saturated heterocycles. The molecule has 8 aromatic carbocycles. The Labute approximate surface area is 312 Å². The number of para-hydroxylation sites is 4. The molecule has 1 unspecified atom stereocenters.